The lowest BCUT2D eigenvalue weighted by molar-refractivity contribution is 0.0934. The van der Waals surface area contributed by atoms with Gasteiger partial charge in [0.05, 0.1) is 23.4 Å². The average molecular weight is 293 g/mol. The summed E-state index contributed by atoms with van der Waals surface area (Å²) < 4.78 is 0. The molecule has 0 saturated carbocycles. The van der Waals surface area contributed by atoms with Crippen molar-refractivity contribution in [1.29, 1.82) is 0 Å². The number of nitrogens with one attached hydrogen (secondary N) is 2. The molecule has 112 valence electrons. The number of amides is 1. The van der Waals surface area contributed by atoms with Crippen molar-refractivity contribution >= 4 is 16.9 Å². The van der Waals surface area contributed by atoms with Gasteiger partial charge < -0.3 is 10.3 Å². The fraction of sp³-hybridized carbons (Fsp3) is 0.222. The molecule has 4 heteroatoms. The first-order valence-corrected chi connectivity index (χ1v) is 7.57. The number of aromatic amines is 1. The first-order chi connectivity index (χ1) is 10.8. The molecule has 0 radical (unpaired) electrons. The van der Waals surface area contributed by atoms with E-state index in [-0.39, 0.29) is 11.9 Å². The largest absolute Gasteiger partial charge is 0.345 e. The number of carbonyl (C=O) groups excluding carboxylic acids is 1. The molecule has 2 N–H and O–H groups in total. The van der Waals surface area contributed by atoms with Gasteiger partial charge in [-0.05, 0) is 30.2 Å². The first-order valence-electron chi connectivity index (χ1n) is 7.57. The smallest absolute Gasteiger partial charge is 0.251 e. The van der Waals surface area contributed by atoms with Crippen molar-refractivity contribution in [3.8, 4) is 0 Å². The van der Waals surface area contributed by atoms with Crippen molar-refractivity contribution in [2.24, 2.45) is 0 Å². The molecule has 0 fully saturated rings. The van der Waals surface area contributed by atoms with Gasteiger partial charge in [0.1, 0.15) is 0 Å². The van der Waals surface area contributed by atoms with Crippen LogP contribution in [0, 0.1) is 0 Å². The van der Waals surface area contributed by atoms with E-state index in [0.717, 1.165) is 29.4 Å². The highest BCUT2D eigenvalue weighted by Crippen LogP contribution is 2.19. The Labute approximate surface area is 129 Å². The van der Waals surface area contributed by atoms with Crippen LogP contribution in [0.25, 0.3) is 11.0 Å². The van der Waals surface area contributed by atoms with E-state index in [1.54, 1.807) is 6.33 Å². The quantitative estimate of drug-likeness (QED) is 0.751. The maximum absolute atomic E-state index is 12.5. The second-order valence-corrected chi connectivity index (χ2v) is 5.36. The van der Waals surface area contributed by atoms with Crippen molar-refractivity contribution in [3.63, 3.8) is 0 Å². The van der Waals surface area contributed by atoms with Crippen LogP contribution in [0.1, 0.15) is 41.7 Å². The summed E-state index contributed by atoms with van der Waals surface area (Å²) in [6, 6.07) is 15.6. The summed E-state index contributed by atoms with van der Waals surface area (Å²) in [5.41, 5.74) is 3.53. The van der Waals surface area contributed by atoms with Gasteiger partial charge in [-0.15, -0.1) is 0 Å². The van der Waals surface area contributed by atoms with Crippen molar-refractivity contribution in [1.82, 2.24) is 15.3 Å². The Balaban J connectivity index is 1.81. The van der Waals surface area contributed by atoms with Gasteiger partial charge in [-0.1, -0.05) is 43.7 Å². The summed E-state index contributed by atoms with van der Waals surface area (Å²) in [5, 5.41) is 3.13. The zero-order valence-electron chi connectivity index (χ0n) is 12.5. The van der Waals surface area contributed by atoms with Crippen molar-refractivity contribution < 1.29 is 4.79 Å². The molecule has 22 heavy (non-hydrogen) atoms. The van der Waals surface area contributed by atoms with Crippen LogP contribution in [-0.4, -0.2) is 15.9 Å². The number of aromatic nitrogens is 2. The number of hydrogen-bond donors (Lipinski definition) is 2. The standard InChI is InChI=1S/C18H19N3O/c1-2-6-15(13-7-4-3-5-8-13)21-18(22)14-9-10-16-17(11-14)20-12-19-16/h3-5,7-12,15H,2,6H2,1H3,(H,19,20)(H,21,22)/t15-/m1/s1. The third kappa shape index (κ3) is 3.01. The summed E-state index contributed by atoms with van der Waals surface area (Å²) in [4.78, 5) is 19.7. The Morgan fingerprint density at radius 3 is 2.82 bits per heavy atom. The summed E-state index contributed by atoms with van der Waals surface area (Å²) in [7, 11) is 0. The van der Waals surface area contributed by atoms with Crippen LogP contribution in [0.15, 0.2) is 54.9 Å². The topological polar surface area (TPSA) is 57.8 Å². The zero-order chi connectivity index (χ0) is 15.4. The SMILES string of the molecule is CCC[C@@H](NC(=O)c1ccc2nc[nH]c2c1)c1ccccc1. The van der Waals surface area contributed by atoms with Crippen LogP contribution in [0.5, 0.6) is 0 Å². The molecule has 3 rings (SSSR count). The molecule has 1 amide bonds. The first kappa shape index (κ1) is 14.3. The summed E-state index contributed by atoms with van der Waals surface area (Å²) in [5.74, 6) is -0.0567. The highest BCUT2D eigenvalue weighted by molar-refractivity contribution is 5.97. The number of rotatable bonds is 5. The van der Waals surface area contributed by atoms with E-state index < -0.39 is 0 Å². The number of carbonyl (C=O) groups is 1. The van der Waals surface area contributed by atoms with Crippen molar-refractivity contribution in [2.45, 2.75) is 25.8 Å². The number of H-pyrrole nitrogens is 1. The number of imidazole rings is 1. The zero-order valence-corrected chi connectivity index (χ0v) is 12.5. The third-order valence-electron chi connectivity index (χ3n) is 3.77. The van der Waals surface area contributed by atoms with Crippen molar-refractivity contribution in [2.75, 3.05) is 0 Å². The second-order valence-electron chi connectivity index (χ2n) is 5.36. The molecule has 0 saturated heterocycles. The molecule has 1 heterocycles. The van der Waals surface area contributed by atoms with E-state index in [4.69, 9.17) is 0 Å². The van der Waals surface area contributed by atoms with Gasteiger partial charge in [0, 0.05) is 5.56 Å². The molecule has 0 spiro atoms. The predicted octanol–water partition coefficient (Wildman–Crippen LogP) is 3.83. The third-order valence-corrected chi connectivity index (χ3v) is 3.77. The normalized spacial score (nSPS) is 12.2. The van der Waals surface area contributed by atoms with E-state index in [1.807, 2.05) is 36.4 Å². The maximum Gasteiger partial charge on any atom is 0.251 e. The fourth-order valence-electron chi connectivity index (χ4n) is 2.61. The fourth-order valence-corrected chi connectivity index (χ4v) is 2.61. The van der Waals surface area contributed by atoms with E-state index in [9.17, 15) is 4.79 Å². The molecule has 1 aromatic heterocycles. The maximum atomic E-state index is 12.5. The van der Waals surface area contributed by atoms with E-state index >= 15 is 0 Å². The minimum Gasteiger partial charge on any atom is -0.345 e. The summed E-state index contributed by atoms with van der Waals surface area (Å²) in [6.45, 7) is 2.12. The van der Waals surface area contributed by atoms with Gasteiger partial charge in [-0.2, -0.15) is 0 Å². The van der Waals surface area contributed by atoms with E-state index in [0.29, 0.717) is 5.56 Å². The van der Waals surface area contributed by atoms with Crippen LogP contribution in [-0.2, 0) is 0 Å². The molecule has 0 aliphatic heterocycles. The monoisotopic (exact) mass is 293 g/mol. The van der Waals surface area contributed by atoms with Gasteiger partial charge in [0.25, 0.3) is 5.91 Å². The summed E-state index contributed by atoms with van der Waals surface area (Å²) >= 11 is 0. The average Bonchev–Trinajstić information content (AvgIpc) is 3.02. The highest BCUT2D eigenvalue weighted by atomic mass is 16.1. The molecular weight excluding hydrogens is 274 g/mol. The lowest BCUT2D eigenvalue weighted by Gasteiger charge is -2.18. The van der Waals surface area contributed by atoms with Crippen LogP contribution in [0.3, 0.4) is 0 Å². The van der Waals surface area contributed by atoms with Crippen molar-refractivity contribution in [3.05, 3.63) is 66.0 Å². The predicted molar refractivity (Wildman–Crippen MR) is 87.7 cm³/mol. The number of fused-ring (bicyclic) bond motifs is 1. The van der Waals surface area contributed by atoms with E-state index in [1.165, 1.54) is 0 Å². The van der Waals surface area contributed by atoms with Gasteiger partial charge in [0.2, 0.25) is 0 Å². The van der Waals surface area contributed by atoms with Crippen LogP contribution in [0.2, 0.25) is 0 Å². The van der Waals surface area contributed by atoms with Crippen LogP contribution >= 0.6 is 0 Å². The Bertz CT molecular complexity index is 764. The van der Waals surface area contributed by atoms with Crippen LogP contribution in [0.4, 0.5) is 0 Å². The Hall–Kier alpha value is -2.62. The van der Waals surface area contributed by atoms with E-state index in [2.05, 4.69) is 34.3 Å². The van der Waals surface area contributed by atoms with Crippen LogP contribution < -0.4 is 5.32 Å². The minimum atomic E-state index is -0.0567. The molecular formula is C18H19N3O. The highest BCUT2D eigenvalue weighted by Gasteiger charge is 2.15. The van der Waals surface area contributed by atoms with Gasteiger partial charge >= 0.3 is 0 Å². The minimum absolute atomic E-state index is 0.0381. The molecule has 1 atom stereocenters. The number of benzene rings is 2. The molecule has 3 aromatic rings. The lowest BCUT2D eigenvalue weighted by Crippen LogP contribution is -2.28. The van der Waals surface area contributed by atoms with Gasteiger partial charge in [-0.3, -0.25) is 4.79 Å². The van der Waals surface area contributed by atoms with Gasteiger partial charge in [0.15, 0.2) is 0 Å². The summed E-state index contributed by atoms with van der Waals surface area (Å²) in [6.07, 6.45) is 3.57. The molecule has 0 unspecified atom stereocenters. The Kier molecular flexibility index (Phi) is 4.19. The molecule has 0 aliphatic carbocycles. The second kappa shape index (κ2) is 6.43. The molecule has 4 nitrogen and oxygen atoms in total. The molecule has 2 aromatic carbocycles. The number of hydrogen-bond acceptors (Lipinski definition) is 2. The number of nitrogens with zero attached hydrogens (tertiary/aromatic N) is 1. The Morgan fingerprint density at radius 1 is 1.23 bits per heavy atom. The van der Waals surface area contributed by atoms with Gasteiger partial charge in [-0.25, -0.2) is 4.98 Å². The Morgan fingerprint density at radius 2 is 2.05 bits per heavy atom. The molecule has 0 bridgehead atoms. The lowest BCUT2D eigenvalue weighted by atomic mass is 10.0. The molecule has 0 aliphatic rings.